The number of nitrogens with zero attached hydrogens (tertiary/aromatic N) is 2. The number of benzene rings is 2. The Labute approximate surface area is 113 Å². The predicted molar refractivity (Wildman–Crippen MR) is 72.0 cm³/mol. The summed E-state index contributed by atoms with van der Waals surface area (Å²) >= 11 is 0. The van der Waals surface area contributed by atoms with Crippen LogP contribution in [0.5, 0.6) is 0 Å². The lowest BCUT2D eigenvalue weighted by Crippen LogP contribution is -2.13. The smallest absolute Gasteiger partial charge is 0.150 e. The monoisotopic (exact) mass is 272 g/mol. The fourth-order valence-electron chi connectivity index (χ4n) is 2.09. The number of fused-ring (bicyclic) bond motifs is 1. The van der Waals surface area contributed by atoms with Crippen molar-refractivity contribution in [3.05, 3.63) is 59.9 Å². The molecule has 4 nitrogen and oxygen atoms in total. The third-order valence-electron chi connectivity index (χ3n) is 3.02. The molecular formula is C14H10F2N4. The standard InChI is InChI=1S/C14H10F2N4/c15-9-5-8(14(17)18)6-10(16)13(9)20-7-19-11-3-1-2-4-12(11)20/h1-7H,(H3,17,18). The second-order valence-electron chi connectivity index (χ2n) is 4.31. The fourth-order valence-corrected chi connectivity index (χ4v) is 2.09. The molecule has 2 aromatic carbocycles. The van der Waals surface area contributed by atoms with Crippen molar-refractivity contribution in [2.75, 3.05) is 0 Å². The van der Waals surface area contributed by atoms with Gasteiger partial charge in [0.1, 0.15) is 17.9 Å². The average molecular weight is 272 g/mol. The summed E-state index contributed by atoms with van der Waals surface area (Å²) in [5.41, 5.74) is 6.26. The highest BCUT2D eigenvalue weighted by Gasteiger charge is 2.16. The minimum absolute atomic E-state index is 0.00757. The summed E-state index contributed by atoms with van der Waals surface area (Å²) in [6.07, 6.45) is 1.36. The summed E-state index contributed by atoms with van der Waals surface area (Å²) in [5.74, 6) is -1.97. The molecule has 100 valence electrons. The van der Waals surface area contributed by atoms with E-state index in [2.05, 4.69) is 4.98 Å². The maximum atomic E-state index is 14.1. The first-order valence-corrected chi connectivity index (χ1v) is 5.84. The van der Waals surface area contributed by atoms with Gasteiger partial charge in [-0.1, -0.05) is 12.1 Å². The van der Waals surface area contributed by atoms with E-state index >= 15 is 0 Å². The third-order valence-corrected chi connectivity index (χ3v) is 3.02. The largest absolute Gasteiger partial charge is 0.384 e. The van der Waals surface area contributed by atoms with Crippen LogP contribution in [-0.4, -0.2) is 15.4 Å². The zero-order valence-electron chi connectivity index (χ0n) is 10.3. The van der Waals surface area contributed by atoms with Crippen LogP contribution < -0.4 is 5.73 Å². The van der Waals surface area contributed by atoms with Crippen molar-refractivity contribution in [3.63, 3.8) is 0 Å². The van der Waals surface area contributed by atoms with Crippen LogP contribution in [0.1, 0.15) is 5.56 Å². The second-order valence-corrected chi connectivity index (χ2v) is 4.31. The van der Waals surface area contributed by atoms with Gasteiger partial charge in [-0.05, 0) is 24.3 Å². The molecule has 0 spiro atoms. The van der Waals surface area contributed by atoms with Crippen LogP contribution in [0.25, 0.3) is 16.7 Å². The van der Waals surface area contributed by atoms with Gasteiger partial charge in [-0.15, -0.1) is 0 Å². The number of nitrogen functional groups attached to an aromatic ring is 1. The Hall–Kier alpha value is -2.76. The van der Waals surface area contributed by atoms with Crippen LogP contribution in [0, 0.1) is 17.0 Å². The Balaban J connectivity index is 2.27. The second kappa shape index (κ2) is 4.41. The van der Waals surface area contributed by atoms with Crippen molar-refractivity contribution in [3.8, 4) is 5.69 Å². The zero-order valence-corrected chi connectivity index (χ0v) is 10.3. The van der Waals surface area contributed by atoms with Crippen LogP contribution in [0.2, 0.25) is 0 Å². The van der Waals surface area contributed by atoms with Gasteiger partial charge in [-0.3, -0.25) is 9.98 Å². The summed E-state index contributed by atoms with van der Waals surface area (Å²) in [7, 11) is 0. The maximum Gasteiger partial charge on any atom is 0.150 e. The molecule has 0 radical (unpaired) electrons. The van der Waals surface area contributed by atoms with Gasteiger partial charge in [0, 0.05) is 5.56 Å². The molecule has 3 aromatic rings. The van der Waals surface area contributed by atoms with Crippen LogP contribution in [-0.2, 0) is 0 Å². The molecule has 0 saturated heterocycles. The molecule has 3 N–H and O–H groups in total. The van der Waals surface area contributed by atoms with Crippen LogP contribution in [0.15, 0.2) is 42.7 Å². The molecule has 1 heterocycles. The van der Waals surface area contributed by atoms with E-state index in [-0.39, 0.29) is 17.1 Å². The van der Waals surface area contributed by atoms with Gasteiger partial charge < -0.3 is 5.73 Å². The van der Waals surface area contributed by atoms with Crippen molar-refractivity contribution in [2.45, 2.75) is 0 Å². The van der Waals surface area contributed by atoms with Crippen molar-refractivity contribution in [1.29, 1.82) is 5.41 Å². The van der Waals surface area contributed by atoms with Gasteiger partial charge in [-0.25, -0.2) is 13.8 Å². The van der Waals surface area contributed by atoms with Crippen molar-refractivity contribution in [1.82, 2.24) is 9.55 Å². The van der Waals surface area contributed by atoms with Gasteiger partial charge in [0.15, 0.2) is 11.6 Å². The van der Waals surface area contributed by atoms with E-state index in [4.69, 9.17) is 11.1 Å². The summed E-state index contributed by atoms with van der Waals surface area (Å²) in [6, 6.07) is 9.11. The Morgan fingerprint density at radius 1 is 1.15 bits per heavy atom. The quantitative estimate of drug-likeness (QED) is 0.556. The molecular weight excluding hydrogens is 262 g/mol. The number of amidine groups is 1. The van der Waals surface area contributed by atoms with Crippen molar-refractivity contribution in [2.24, 2.45) is 5.73 Å². The lowest BCUT2D eigenvalue weighted by Gasteiger charge is -2.09. The molecule has 0 aliphatic rings. The molecule has 6 heteroatoms. The molecule has 0 amide bonds. The number of halogens is 2. The molecule has 0 saturated carbocycles. The normalized spacial score (nSPS) is 10.9. The first-order valence-electron chi connectivity index (χ1n) is 5.84. The van der Waals surface area contributed by atoms with Gasteiger partial charge in [0.25, 0.3) is 0 Å². The lowest BCUT2D eigenvalue weighted by atomic mass is 10.1. The van der Waals surface area contributed by atoms with Gasteiger partial charge in [0.2, 0.25) is 0 Å². The molecule has 20 heavy (non-hydrogen) atoms. The first kappa shape index (κ1) is 12.3. The molecule has 3 rings (SSSR count). The Bertz CT molecular complexity index is 800. The van der Waals surface area contributed by atoms with E-state index < -0.39 is 11.6 Å². The molecule has 0 fully saturated rings. The number of hydrogen-bond acceptors (Lipinski definition) is 2. The lowest BCUT2D eigenvalue weighted by molar-refractivity contribution is 0.570. The minimum atomic E-state index is -0.793. The van der Waals surface area contributed by atoms with E-state index in [1.54, 1.807) is 24.3 Å². The molecule has 0 aliphatic heterocycles. The van der Waals surface area contributed by atoms with Gasteiger partial charge >= 0.3 is 0 Å². The highest BCUT2D eigenvalue weighted by atomic mass is 19.1. The number of imidazole rings is 1. The number of rotatable bonds is 2. The van der Waals surface area contributed by atoms with Gasteiger partial charge in [0.05, 0.1) is 11.0 Å². The van der Waals surface area contributed by atoms with E-state index in [0.717, 1.165) is 12.1 Å². The molecule has 0 bridgehead atoms. The highest BCUT2D eigenvalue weighted by Crippen LogP contribution is 2.24. The summed E-state index contributed by atoms with van der Waals surface area (Å²) in [4.78, 5) is 4.10. The van der Waals surface area contributed by atoms with Crippen molar-refractivity contribution < 1.29 is 8.78 Å². The van der Waals surface area contributed by atoms with E-state index in [1.165, 1.54) is 10.9 Å². The van der Waals surface area contributed by atoms with Crippen LogP contribution in [0.4, 0.5) is 8.78 Å². The number of aromatic nitrogens is 2. The van der Waals surface area contributed by atoms with E-state index in [9.17, 15) is 8.78 Å². The Morgan fingerprint density at radius 3 is 2.45 bits per heavy atom. The average Bonchev–Trinajstić information content (AvgIpc) is 2.82. The Morgan fingerprint density at radius 2 is 1.80 bits per heavy atom. The Kier molecular flexibility index (Phi) is 2.71. The number of nitrogens with one attached hydrogen (secondary N) is 1. The summed E-state index contributed by atoms with van der Waals surface area (Å²) < 4.78 is 29.6. The predicted octanol–water partition coefficient (Wildman–Crippen LogP) is 2.59. The van der Waals surface area contributed by atoms with E-state index in [1.807, 2.05) is 0 Å². The number of hydrogen-bond donors (Lipinski definition) is 2. The number of nitrogens with two attached hydrogens (primary N) is 1. The first-order chi connectivity index (χ1) is 9.58. The SMILES string of the molecule is N=C(N)c1cc(F)c(-n2cnc3ccccc32)c(F)c1. The van der Waals surface area contributed by atoms with Gasteiger partial charge in [-0.2, -0.15) is 0 Å². The van der Waals surface area contributed by atoms with Crippen LogP contribution >= 0.6 is 0 Å². The molecule has 0 unspecified atom stereocenters. The van der Waals surface area contributed by atoms with E-state index in [0.29, 0.717) is 11.0 Å². The summed E-state index contributed by atoms with van der Waals surface area (Å²) in [5, 5.41) is 7.23. The fraction of sp³-hybridized carbons (Fsp3) is 0. The molecule has 0 aliphatic carbocycles. The maximum absolute atomic E-state index is 14.1. The van der Waals surface area contributed by atoms with Crippen molar-refractivity contribution >= 4 is 16.9 Å². The van der Waals surface area contributed by atoms with Crippen LogP contribution in [0.3, 0.4) is 0 Å². The summed E-state index contributed by atoms with van der Waals surface area (Å²) in [6.45, 7) is 0. The molecule has 1 aromatic heterocycles. The topological polar surface area (TPSA) is 67.7 Å². The zero-order chi connectivity index (χ0) is 14.3. The minimum Gasteiger partial charge on any atom is -0.384 e. The molecule has 0 atom stereocenters. The number of para-hydroxylation sites is 2. The third kappa shape index (κ3) is 1.82. The highest BCUT2D eigenvalue weighted by molar-refractivity contribution is 5.95.